The molecule has 0 saturated heterocycles. The van der Waals surface area contributed by atoms with Gasteiger partial charge in [-0.1, -0.05) is 30.3 Å². The molecule has 0 fully saturated rings. The Morgan fingerprint density at radius 1 is 1.33 bits per heavy atom. The van der Waals surface area contributed by atoms with Crippen molar-refractivity contribution in [3.8, 4) is 11.3 Å². The predicted octanol–water partition coefficient (Wildman–Crippen LogP) is 2.42. The van der Waals surface area contributed by atoms with Crippen LogP contribution >= 0.6 is 0 Å². The largest absolute Gasteiger partial charge is 0.465 e. The molecule has 4 heteroatoms. The number of nitrogens with zero attached hydrogens (tertiary/aromatic N) is 2. The molecule has 1 aromatic heterocycles. The molecule has 0 aliphatic rings. The number of hydrogen-bond donors (Lipinski definition) is 0. The molecule has 1 aromatic carbocycles. The van der Waals surface area contributed by atoms with Gasteiger partial charge in [0.25, 0.3) is 0 Å². The molecule has 0 saturated carbocycles. The molecule has 2 aromatic rings. The fourth-order valence-corrected chi connectivity index (χ4v) is 1.75. The molecular formula is C14H16N2O2. The van der Waals surface area contributed by atoms with Crippen molar-refractivity contribution in [2.45, 2.75) is 20.4 Å². The van der Waals surface area contributed by atoms with E-state index in [-0.39, 0.29) is 12.5 Å². The van der Waals surface area contributed by atoms with Crippen LogP contribution in [-0.4, -0.2) is 22.4 Å². The maximum absolute atomic E-state index is 11.4. The summed E-state index contributed by atoms with van der Waals surface area (Å²) in [5.74, 6) is -0.261. The summed E-state index contributed by atoms with van der Waals surface area (Å²) in [5.41, 5.74) is 2.86. The van der Waals surface area contributed by atoms with Crippen molar-refractivity contribution in [1.82, 2.24) is 9.78 Å². The van der Waals surface area contributed by atoms with E-state index < -0.39 is 0 Å². The zero-order valence-electron chi connectivity index (χ0n) is 10.6. The van der Waals surface area contributed by atoms with Crippen molar-refractivity contribution >= 4 is 5.97 Å². The number of benzene rings is 1. The molecule has 0 unspecified atom stereocenters. The van der Waals surface area contributed by atoms with Crippen molar-refractivity contribution < 1.29 is 9.53 Å². The average Bonchev–Trinajstić information content (AvgIpc) is 2.72. The fraction of sp³-hybridized carbons (Fsp3) is 0.286. The van der Waals surface area contributed by atoms with Crippen LogP contribution in [0.1, 0.15) is 12.6 Å². The highest BCUT2D eigenvalue weighted by Crippen LogP contribution is 2.18. The summed E-state index contributed by atoms with van der Waals surface area (Å²) >= 11 is 0. The Kier molecular flexibility index (Phi) is 3.77. The van der Waals surface area contributed by atoms with Crippen molar-refractivity contribution in [2.75, 3.05) is 6.61 Å². The van der Waals surface area contributed by atoms with Gasteiger partial charge in [-0.2, -0.15) is 5.10 Å². The van der Waals surface area contributed by atoms with E-state index in [9.17, 15) is 4.79 Å². The second-order valence-electron chi connectivity index (χ2n) is 4.00. The number of aryl methyl sites for hydroxylation is 1. The third-order valence-corrected chi connectivity index (χ3v) is 2.63. The first-order chi connectivity index (χ1) is 8.70. The quantitative estimate of drug-likeness (QED) is 0.776. The molecule has 0 radical (unpaired) electrons. The lowest BCUT2D eigenvalue weighted by atomic mass is 10.1. The summed E-state index contributed by atoms with van der Waals surface area (Å²) in [6.07, 6.45) is 0. The molecule has 0 N–H and O–H groups in total. The molecule has 1 heterocycles. The minimum absolute atomic E-state index is 0.159. The first kappa shape index (κ1) is 12.4. The van der Waals surface area contributed by atoms with Gasteiger partial charge in [-0.15, -0.1) is 0 Å². The number of hydrogen-bond acceptors (Lipinski definition) is 3. The van der Waals surface area contributed by atoms with Gasteiger partial charge in [0.05, 0.1) is 12.3 Å². The van der Waals surface area contributed by atoms with E-state index in [1.54, 1.807) is 11.6 Å². The van der Waals surface area contributed by atoms with Gasteiger partial charge in [0.1, 0.15) is 6.54 Å². The Hall–Kier alpha value is -2.10. The van der Waals surface area contributed by atoms with Gasteiger partial charge in [-0.25, -0.2) is 0 Å². The number of aromatic nitrogens is 2. The topological polar surface area (TPSA) is 44.1 Å². The second kappa shape index (κ2) is 5.49. The maximum Gasteiger partial charge on any atom is 0.327 e. The highest BCUT2D eigenvalue weighted by Gasteiger charge is 2.10. The van der Waals surface area contributed by atoms with Gasteiger partial charge in [0, 0.05) is 11.3 Å². The Balaban J connectivity index is 2.20. The van der Waals surface area contributed by atoms with Crippen LogP contribution < -0.4 is 0 Å². The van der Waals surface area contributed by atoms with E-state index in [4.69, 9.17) is 4.74 Å². The van der Waals surface area contributed by atoms with Crippen LogP contribution in [0.5, 0.6) is 0 Å². The van der Waals surface area contributed by atoms with Gasteiger partial charge in [-0.3, -0.25) is 9.48 Å². The Morgan fingerprint density at radius 3 is 2.72 bits per heavy atom. The van der Waals surface area contributed by atoms with E-state index in [0.717, 1.165) is 17.0 Å². The summed E-state index contributed by atoms with van der Waals surface area (Å²) in [7, 11) is 0. The number of carbonyl (C=O) groups is 1. The van der Waals surface area contributed by atoms with Crippen LogP contribution in [0.25, 0.3) is 11.3 Å². The molecule has 0 bridgehead atoms. The van der Waals surface area contributed by atoms with Crippen LogP contribution in [0.2, 0.25) is 0 Å². The smallest absolute Gasteiger partial charge is 0.327 e. The minimum Gasteiger partial charge on any atom is -0.465 e. The van der Waals surface area contributed by atoms with Gasteiger partial charge in [0.2, 0.25) is 0 Å². The Bertz CT molecular complexity index is 532. The lowest BCUT2D eigenvalue weighted by Crippen LogP contribution is -2.15. The molecule has 4 nitrogen and oxygen atoms in total. The van der Waals surface area contributed by atoms with E-state index >= 15 is 0 Å². The molecule has 0 aliphatic heterocycles. The Labute approximate surface area is 106 Å². The Morgan fingerprint density at radius 2 is 2.06 bits per heavy atom. The second-order valence-corrected chi connectivity index (χ2v) is 4.00. The maximum atomic E-state index is 11.4. The molecule has 0 aliphatic carbocycles. The zero-order valence-corrected chi connectivity index (χ0v) is 10.6. The monoisotopic (exact) mass is 244 g/mol. The van der Waals surface area contributed by atoms with Gasteiger partial charge < -0.3 is 4.74 Å². The summed E-state index contributed by atoms with van der Waals surface area (Å²) < 4.78 is 6.58. The number of carbonyl (C=O) groups excluding carboxylic acids is 1. The van der Waals surface area contributed by atoms with Crippen LogP contribution in [-0.2, 0) is 16.1 Å². The number of ether oxygens (including phenoxy) is 1. The summed E-state index contributed by atoms with van der Waals surface area (Å²) in [5, 5.41) is 4.42. The van der Waals surface area contributed by atoms with Gasteiger partial charge in [-0.05, 0) is 19.9 Å². The zero-order chi connectivity index (χ0) is 13.0. The molecule has 2 rings (SSSR count). The summed E-state index contributed by atoms with van der Waals surface area (Å²) in [6, 6.07) is 11.9. The third kappa shape index (κ3) is 2.77. The van der Waals surface area contributed by atoms with Crippen molar-refractivity contribution in [3.05, 3.63) is 42.1 Å². The first-order valence-corrected chi connectivity index (χ1v) is 5.96. The molecule has 94 valence electrons. The standard InChI is InChI=1S/C14H16N2O2/c1-3-18-14(17)10-16-11(2)9-13(15-16)12-7-5-4-6-8-12/h4-9H,3,10H2,1-2H3. The van der Waals surface area contributed by atoms with Crippen molar-refractivity contribution in [3.63, 3.8) is 0 Å². The van der Waals surface area contributed by atoms with Crippen LogP contribution in [0.3, 0.4) is 0 Å². The van der Waals surface area contributed by atoms with Crippen LogP contribution in [0.15, 0.2) is 36.4 Å². The van der Waals surface area contributed by atoms with Crippen molar-refractivity contribution in [2.24, 2.45) is 0 Å². The number of esters is 1. The number of rotatable bonds is 4. The van der Waals surface area contributed by atoms with E-state index in [1.807, 2.05) is 43.3 Å². The molecule has 18 heavy (non-hydrogen) atoms. The lowest BCUT2D eigenvalue weighted by molar-refractivity contribution is -0.144. The summed E-state index contributed by atoms with van der Waals surface area (Å²) in [4.78, 5) is 11.4. The first-order valence-electron chi connectivity index (χ1n) is 5.96. The van der Waals surface area contributed by atoms with E-state index in [1.165, 1.54) is 0 Å². The van der Waals surface area contributed by atoms with Gasteiger partial charge >= 0.3 is 5.97 Å². The highest BCUT2D eigenvalue weighted by atomic mass is 16.5. The van der Waals surface area contributed by atoms with Crippen molar-refractivity contribution in [1.29, 1.82) is 0 Å². The normalized spacial score (nSPS) is 10.3. The van der Waals surface area contributed by atoms with E-state index in [2.05, 4.69) is 5.10 Å². The predicted molar refractivity (Wildman–Crippen MR) is 69.0 cm³/mol. The minimum atomic E-state index is -0.261. The molecule has 0 atom stereocenters. The highest BCUT2D eigenvalue weighted by molar-refractivity contribution is 5.69. The lowest BCUT2D eigenvalue weighted by Gasteiger charge is -2.03. The molecule has 0 spiro atoms. The fourth-order valence-electron chi connectivity index (χ4n) is 1.75. The molecule has 0 amide bonds. The van der Waals surface area contributed by atoms with Gasteiger partial charge in [0.15, 0.2) is 0 Å². The molecular weight excluding hydrogens is 228 g/mol. The van der Waals surface area contributed by atoms with E-state index in [0.29, 0.717) is 6.61 Å². The summed E-state index contributed by atoms with van der Waals surface area (Å²) in [6.45, 7) is 4.28. The SMILES string of the molecule is CCOC(=O)Cn1nc(-c2ccccc2)cc1C. The van der Waals surface area contributed by atoms with Crippen LogP contribution in [0.4, 0.5) is 0 Å². The average molecular weight is 244 g/mol. The third-order valence-electron chi connectivity index (χ3n) is 2.63. The van der Waals surface area contributed by atoms with Crippen LogP contribution in [0, 0.1) is 6.92 Å².